The Morgan fingerprint density at radius 3 is 2.79 bits per heavy atom. The summed E-state index contributed by atoms with van der Waals surface area (Å²) in [5.74, 6) is -0.444. The van der Waals surface area contributed by atoms with Crippen molar-refractivity contribution in [3.8, 4) is 0 Å². The Balaban J connectivity index is 1.43. The molecule has 2 aromatic rings. The number of carbonyl (C=O) groups is 2. The van der Waals surface area contributed by atoms with Gasteiger partial charge in [0.2, 0.25) is 11.9 Å². The van der Waals surface area contributed by atoms with Gasteiger partial charge in [0.1, 0.15) is 10.7 Å². The number of rotatable bonds is 5. The number of hydrogen-bond donors (Lipinski definition) is 2. The van der Waals surface area contributed by atoms with Gasteiger partial charge in [0, 0.05) is 36.1 Å². The molecule has 2 atom stereocenters. The van der Waals surface area contributed by atoms with Gasteiger partial charge in [0.05, 0.1) is 0 Å². The third-order valence-corrected chi connectivity index (χ3v) is 6.15. The lowest BCUT2D eigenvalue weighted by Crippen LogP contribution is -2.42. The molecule has 1 aromatic heterocycles. The first-order chi connectivity index (χ1) is 15.7. The van der Waals surface area contributed by atoms with Crippen molar-refractivity contribution < 1.29 is 22.8 Å². The summed E-state index contributed by atoms with van der Waals surface area (Å²) in [7, 11) is 0. The second-order valence-electron chi connectivity index (χ2n) is 8.06. The predicted octanol–water partition coefficient (Wildman–Crippen LogP) is 4.65. The summed E-state index contributed by atoms with van der Waals surface area (Å²) in [6.07, 6.45) is 0.216. The molecule has 0 bridgehead atoms. The number of nitrogens with one attached hydrogen (secondary N) is 2. The molecular formula is C22H21ClF3N5O2. The minimum Gasteiger partial charge on any atom is -0.351 e. The normalized spacial score (nSPS) is 20.4. The Morgan fingerprint density at radius 2 is 2.09 bits per heavy atom. The van der Waals surface area contributed by atoms with E-state index in [4.69, 9.17) is 11.6 Å². The second kappa shape index (κ2) is 9.01. The lowest BCUT2D eigenvalue weighted by atomic mass is 9.90. The number of halogens is 4. The van der Waals surface area contributed by atoms with Crippen LogP contribution in [0.5, 0.6) is 0 Å². The highest BCUT2D eigenvalue weighted by Crippen LogP contribution is 2.35. The van der Waals surface area contributed by atoms with Gasteiger partial charge in [0.25, 0.3) is 5.91 Å². The van der Waals surface area contributed by atoms with Crippen LogP contribution in [0.15, 0.2) is 37.1 Å². The highest BCUT2D eigenvalue weighted by atomic mass is 35.5. The fourth-order valence-corrected chi connectivity index (χ4v) is 4.51. The topological polar surface area (TPSA) is 87.2 Å². The van der Waals surface area contributed by atoms with Crippen molar-refractivity contribution in [2.75, 3.05) is 10.6 Å². The highest BCUT2D eigenvalue weighted by molar-refractivity contribution is 6.30. The quantitative estimate of drug-likeness (QED) is 0.481. The summed E-state index contributed by atoms with van der Waals surface area (Å²) in [4.78, 5) is 33.9. The molecule has 2 heterocycles. The van der Waals surface area contributed by atoms with Crippen LogP contribution in [-0.4, -0.2) is 38.8 Å². The van der Waals surface area contributed by atoms with Crippen molar-refractivity contribution in [2.45, 2.75) is 50.5 Å². The smallest absolute Gasteiger partial charge is 0.351 e. The Bertz CT molecular complexity index is 1110. The molecule has 1 aromatic carbocycles. The van der Waals surface area contributed by atoms with Gasteiger partial charge >= 0.3 is 6.18 Å². The number of nitrogens with zero attached hydrogens (tertiary/aromatic N) is 3. The number of aromatic nitrogens is 2. The van der Waals surface area contributed by atoms with Crippen molar-refractivity contribution in [3.05, 3.63) is 58.9 Å². The molecule has 1 aliphatic heterocycles. The largest absolute Gasteiger partial charge is 0.420 e. The second-order valence-corrected chi connectivity index (χ2v) is 8.41. The monoisotopic (exact) mass is 479 g/mol. The standard InChI is InChI=1S/C22H21ClF3N5O2/c1-2-18(32)28-14-7-6-12-11-31(20(33)16(12)9-14)15-5-3-4-13(8-15)29-21-27-10-17(19(23)30-21)22(24,25)26/h2,6-7,9-10,13,15H,1,3-5,8,11H2,(H,28,32)(H,27,29,30)/t13-,15+/m1/s1. The van der Waals surface area contributed by atoms with Gasteiger partial charge in [-0.2, -0.15) is 13.2 Å². The van der Waals surface area contributed by atoms with E-state index in [9.17, 15) is 22.8 Å². The molecule has 0 spiro atoms. The average Bonchev–Trinajstić information content (AvgIpc) is 3.09. The lowest BCUT2D eigenvalue weighted by Gasteiger charge is -2.35. The van der Waals surface area contributed by atoms with Crippen molar-refractivity contribution in [3.63, 3.8) is 0 Å². The van der Waals surface area contributed by atoms with Gasteiger partial charge in [-0.1, -0.05) is 24.2 Å². The Morgan fingerprint density at radius 1 is 1.30 bits per heavy atom. The van der Waals surface area contributed by atoms with E-state index in [1.165, 1.54) is 0 Å². The lowest BCUT2D eigenvalue weighted by molar-refractivity contribution is -0.138. The van der Waals surface area contributed by atoms with Crippen molar-refractivity contribution in [1.29, 1.82) is 0 Å². The molecule has 0 saturated heterocycles. The molecule has 174 valence electrons. The van der Waals surface area contributed by atoms with Crippen LogP contribution in [0.1, 0.15) is 47.2 Å². The van der Waals surface area contributed by atoms with Gasteiger partial charge in [-0.15, -0.1) is 0 Å². The third-order valence-electron chi connectivity index (χ3n) is 5.86. The highest BCUT2D eigenvalue weighted by Gasteiger charge is 2.37. The zero-order valence-corrected chi connectivity index (χ0v) is 18.2. The van der Waals surface area contributed by atoms with Crippen molar-refractivity contribution in [1.82, 2.24) is 14.9 Å². The fraction of sp³-hybridized carbons (Fsp3) is 0.364. The molecule has 1 aliphatic carbocycles. The van der Waals surface area contributed by atoms with Crippen LogP contribution < -0.4 is 10.6 Å². The van der Waals surface area contributed by atoms with Crippen LogP contribution in [-0.2, 0) is 17.5 Å². The molecule has 7 nitrogen and oxygen atoms in total. The molecule has 2 amide bonds. The van der Waals surface area contributed by atoms with Crippen LogP contribution in [0.2, 0.25) is 5.15 Å². The maximum Gasteiger partial charge on any atom is 0.420 e. The van der Waals surface area contributed by atoms with E-state index in [1.54, 1.807) is 17.0 Å². The van der Waals surface area contributed by atoms with Crippen molar-refractivity contribution in [2.24, 2.45) is 0 Å². The molecule has 33 heavy (non-hydrogen) atoms. The molecule has 4 rings (SSSR count). The summed E-state index contributed by atoms with van der Waals surface area (Å²) < 4.78 is 38.6. The van der Waals surface area contributed by atoms with E-state index in [0.717, 1.165) is 30.9 Å². The van der Waals surface area contributed by atoms with Gasteiger partial charge in [0.15, 0.2) is 0 Å². The van der Waals surface area contributed by atoms with Crippen LogP contribution >= 0.6 is 11.6 Å². The number of alkyl halides is 3. The minimum atomic E-state index is -4.62. The first kappa shape index (κ1) is 23.0. The maximum atomic E-state index is 13.1. The molecule has 1 fully saturated rings. The van der Waals surface area contributed by atoms with E-state index in [-0.39, 0.29) is 29.8 Å². The zero-order valence-electron chi connectivity index (χ0n) is 17.5. The first-order valence-electron chi connectivity index (χ1n) is 10.4. The number of fused-ring (bicyclic) bond motifs is 1. The fourth-order valence-electron chi connectivity index (χ4n) is 4.27. The Hall–Kier alpha value is -3.14. The summed E-state index contributed by atoms with van der Waals surface area (Å²) in [5.41, 5.74) is 0.864. The maximum absolute atomic E-state index is 13.1. The molecule has 11 heteroatoms. The van der Waals surface area contributed by atoms with Crippen LogP contribution in [0.4, 0.5) is 24.8 Å². The molecule has 2 aliphatic rings. The molecule has 1 saturated carbocycles. The van der Waals surface area contributed by atoms with E-state index in [1.807, 2.05) is 6.07 Å². The molecule has 0 radical (unpaired) electrons. The van der Waals surface area contributed by atoms with Crippen molar-refractivity contribution >= 4 is 35.1 Å². The summed E-state index contributed by atoms with van der Waals surface area (Å²) >= 11 is 5.69. The average molecular weight is 480 g/mol. The third kappa shape index (κ3) is 4.95. The number of anilines is 2. The van der Waals surface area contributed by atoms with Crippen LogP contribution in [0.25, 0.3) is 0 Å². The number of carbonyl (C=O) groups excluding carboxylic acids is 2. The molecule has 0 unspecified atom stereocenters. The van der Waals surface area contributed by atoms with E-state index >= 15 is 0 Å². The first-order valence-corrected chi connectivity index (χ1v) is 10.8. The number of benzene rings is 1. The van der Waals surface area contributed by atoms with E-state index < -0.39 is 16.9 Å². The van der Waals surface area contributed by atoms with E-state index in [0.29, 0.717) is 30.4 Å². The van der Waals surface area contributed by atoms with Gasteiger partial charge in [-0.25, -0.2) is 9.97 Å². The Labute approximate surface area is 193 Å². The van der Waals surface area contributed by atoms with Gasteiger partial charge < -0.3 is 15.5 Å². The Kier molecular flexibility index (Phi) is 6.29. The molecule has 2 N–H and O–H groups in total. The van der Waals surface area contributed by atoms with Gasteiger partial charge in [-0.3, -0.25) is 9.59 Å². The SMILES string of the molecule is C=CC(=O)Nc1ccc2c(c1)C(=O)N([C@H]1CCC[C@@H](Nc3ncc(C(F)(F)F)c(Cl)n3)C1)C2. The number of hydrogen-bond acceptors (Lipinski definition) is 5. The van der Waals surface area contributed by atoms with Crippen LogP contribution in [0.3, 0.4) is 0 Å². The predicted molar refractivity (Wildman–Crippen MR) is 117 cm³/mol. The summed E-state index contributed by atoms with van der Waals surface area (Å²) in [6, 6.07) is 5.06. The molecular weight excluding hydrogens is 459 g/mol. The summed E-state index contributed by atoms with van der Waals surface area (Å²) in [6.45, 7) is 3.88. The zero-order chi connectivity index (χ0) is 23.8. The van der Waals surface area contributed by atoms with Crippen LogP contribution in [0, 0.1) is 0 Å². The summed E-state index contributed by atoms with van der Waals surface area (Å²) in [5, 5.41) is 5.06. The van der Waals surface area contributed by atoms with E-state index in [2.05, 4.69) is 27.2 Å². The number of amides is 2. The minimum absolute atomic E-state index is 0.0253. The van der Waals surface area contributed by atoms with Gasteiger partial charge in [-0.05, 0) is 49.5 Å².